The highest BCUT2D eigenvalue weighted by atomic mass is 35.5. The first kappa shape index (κ1) is 18.9. The van der Waals surface area contributed by atoms with Gasteiger partial charge in [-0.1, -0.05) is 32.0 Å². The molecule has 1 heterocycles. The van der Waals surface area contributed by atoms with Crippen LogP contribution in [0.4, 0.5) is 5.69 Å². The average Bonchev–Trinajstić information content (AvgIpc) is 2.49. The van der Waals surface area contributed by atoms with Crippen LogP contribution in [0.1, 0.15) is 31.9 Å². The van der Waals surface area contributed by atoms with Gasteiger partial charge in [-0.3, -0.25) is 9.69 Å². The zero-order valence-electron chi connectivity index (χ0n) is 13.8. The highest BCUT2D eigenvalue weighted by Gasteiger charge is 2.20. The Morgan fingerprint density at radius 1 is 1.32 bits per heavy atom. The van der Waals surface area contributed by atoms with Crippen molar-refractivity contribution in [2.75, 3.05) is 31.5 Å². The van der Waals surface area contributed by atoms with Crippen LogP contribution in [-0.4, -0.2) is 43.0 Å². The number of para-hydroxylation sites is 1. The van der Waals surface area contributed by atoms with E-state index in [-0.39, 0.29) is 18.3 Å². The lowest BCUT2D eigenvalue weighted by molar-refractivity contribution is -0.118. The molecule has 2 rings (SSSR count). The van der Waals surface area contributed by atoms with E-state index in [1.807, 2.05) is 0 Å². The van der Waals surface area contributed by atoms with Crippen molar-refractivity contribution >= 4 is 24.0 Å². The summed E-state index contributed by atoms with van der Waals surface area (Å²) in [5, 5.41) is 6.50. The Kier molecular flexibility index (Phi) is 7.87. The quantitative estimate of drug-likeness (QED) is 0.874. The zero-order valence-corrected chi connectivity index (χ0v) is 14.6. The number of carbonyl (C=O) groups is 1. The van der Waals surface area contributed by atoms with E-state index in [4.69, 9.17) is 0 Å². The molecule has 1 fully saturated rings. The van der Waals surface area contributed by atoms with Gasteiger partial charge in [0, 0.05) is 31.4 Å². The molecule has 1 aromatic rings. The van der Waals surface area contributed by atoms with Gasteiger partial charge in [-0.25, -0.2) is 0 Å². The molecule has 22 heavy (non-hydrogen) atoms. The first-order valence-electron chi connectivity index (χ1n) is 8.01. The van der Waals surface area contributed by atoms with Crippen molar-refractivity contribution in [3.8, 4) is 0 Å². The monoisotopic (exact) mass is 325 g/mol. The number of hydrogen-bond acceptors (Lipinski definition) is 3. The van der Waals surface area contributed by atoms with Crippen LogP contribution in [0, 0.1) is 0 Å². The molecule has 4 nitrogen and oxygen atoms in total. The second-order valence-corrected chi connectivity index (χ2v) is 5.73. The minimum Gasteiger partial charge on any atom is -0.324 e. The number of nitrogens with zero attached hydrogens (tertiary/aromatic N) is 1. The fourth-order valence-corrected chi connectivity index (χ4v) is 2.88. The van der Waals surface area contributed by atoms with E-state index in [2.05, 4.69) is 54.5 Å². The molecule has 1 aliphatic rings. The molecule has 1 atom stereocenters. The Balaban J connectivity index is 0.00000242. The summed E-state index contributed by atoms with van der Waals surface area (Å²) in [6, 6.07) is 6.69. The Morgan fingerprint density at radius 3 is 2.50 bits per heavy atom. The SMILES string of the molecule is CCc1cccc(CC)c1NC(=O)CN1CCNC[C@@H]1C.Cl. The third kappa shape index (κ3) is 4.70. The number of rotatable bonds is 5. The Bertz CT molecular complexity index is 471. The molecule has 0 spiro atoms. The van der Waals surface area contributed by atoms with E-state index < -0.39 is 0 Å². The lowest BCUT2D eigenvalue weighted by Crippen LogP contribution is -2.52. The van der Waals surface area contributed by atoms with Crippen molar-refractivity contribution in [2.45, 2.75) is 39.7 Å². The highest BCUT2D eigenvalue weighted by Crippen LogP contribution is 2.22. The third-order valence-electron chi connectivity index (χ3n) is 4.25. The van der Waals surface area contributed by atoms with Crippen molar-refractivity contribution in [1.29, 1.82) is 0 Å². The molecule has 0 unspecified atom stereocenters. The molecular formula is C17H28ClN3O. The normalized spacial score (nSPS) is 18.6. The summed E-state index contributed by atoms with van der Waals surface area (Å²) in [5.41, 5.74) is 3.46. The van der Waals surface area contributed by atoms with Gasteiger partial charge in [-0.2, -0.15) is 0 Å². The molecule has 2 N–H and O–H groups in total. The van der Waals surface area contributed by atoms with E-state index in [1.54, 1.807) is 0 Å². The van der Waals surface area contributed by atoms with E-state index in [1.165, 1.54) is 11.1 Å². The molecule has 0 saturated carbocycles. The van der Waals surface area contributed by atoms with Crippen molar-refractivity contribution in [1.82, 2.24) is 10.2 Å². The van der Waals surface area contributed by atoms with Crippen LogP contribution in [0.5, 0.6) is 0 Å². The van der Waals surface area contributed by atoms with Crippen LogP contribution in [-0.2, 0) is 17.6 Å². The predicted molar refractivity (Wildman–Crippen MR) is 95.0 cm³/mol. The zero-order chi connectivity index (χ0) is 15.2. The molecule has 1 amide bonds. The molecule has 1 aliphatic heterocycles. The average molecular weight is 326 g/mol. The minimum absolute atomic E-state index is 0. The Labute approximate surface area is 140 Å². The largest absolute Gasteiger partial charge is 0.324 e. The second-order valence-electron chi connectivity index (χ2n) is 5.73. The van der Waals surface area contributed by atoms with Crippen molar-refractivity contribution in [2.24, 2.45) is 0 Å². The van der Waals surface area contributed by atoms with Gasteiger partial charge in [0.1, 0.15) is 0 Å². The summed E-state index contributed by atoms with van der Waals surface area (Å²) in [4.78, 5) is 14.6. The number of hydrogen-bond donors (Lipinski definition) is 2. The number of halogens is 1. The first-order valence-corrected chi connectivity index (χ1v) is 8.01. The summed E-state index contributed by atoms with van der Waals surface area (Å²) in [6.45, 7) is 9.75. The number of nitrogens with one attached hydrogen (secondary N) is 2. The summed E-state index contributed by atoms with van der Waals surface area (Å²) in [5.74, 6) is 0.0966. The second kappa shape index (κ2) is 9.13. The van der Waals surface area contributed by atoms with Crippen LogP contribution in [0.25, 0.3) is 0 Å². The maximum Gasteiger partial charge on any atom is 0.238 e. The number of aryl methyl sites for hydroxylation is 2. The summed E-state index contributed by atoms with van der Waals surface area (Å²) in [6.07, 6.45) is 1.88. The first-order chi connectivity index (χ1) is 10.2. The molecule has 124 valence electrons. The van der Waals surface area contributed by atoms with Gasteiger partial charge in [0.05, 0.1) is 6.54 Å². The third-order valence-corrected chi connectivity index (χ3v) is 4.25. The molecule has 0 aliphatic carbocycles. The van der Waals surface area contributed by atoms with Crippen LogP contribution in [0.3, 0.4) is 0 Å². The smallest absolute Gasteiger partial charge is 0.238 e. The number of carbonyl (C=O) groups excluding carboxylic acids is 1. The summed E-state index contributed by atoms with van der Waals surface area (Å²) in [7, 11) is 0. The summed E-state index contributed by atoms with van der Waals surface area (Å²) >= 11 is 0. The predicted octanol–water partition coefficient (Wildman–Crippen LogP) is 2.47. The van der Waals surface area contributed by atoms with Crippen molar-refractivity contribution in [3.05, 3.63) is 29.3 Å². The van der Waals surface area contributed by atoms with Gasteiger partial charge in [-0.05, 0) is 30.9 Å². The molecule has 0 aromatic heterocycles. The number of benzene rings is 1. The lowest BCUT2D eigenvalue weighted by Gasteiger charge is -2.33. The Morgan fingerprint density at radius 2 is 1.95 bits per heavy atom. The molecule has 0 radical (unpaired) electrons. The molecule has 1 aromatic carbocycles. The van der Waals surface area contributed by atoms with E-state index in [9.17, 15) is 4.79 Å². The molecular weight excluding hydrogens is 298 g/mol. The van der Waals surface area contributed by atoms with E-state index >= 15 is 0 Å². The fourth-order valence-electron chi connectivity index (χ4n) is 2.88. The number of amides is 1. The molecule has 0 bridgehead atoms. The van der Waals surface area contributed by atoms with Crippen molar-refractivity contribution in [3.63, 3.8) is 0 Å². The van der Waals surface area contributed by atoms with Crippen LogP contribution in [0.2, 0.25) is 0 Å². The Hall–Kier alpha value is -1.10. The maximum atomic E-state index is 12.4. The lowest BCUT2D eigenvalue weighted by atomic mass is 10.0. The number of anilines is 1. The van der Waals surface area contributed by atoms with E-state index in [0.717, 1.165) is 38.2 Å². The maximum absolute atomic E-state index is 12.4. The van der Waals surface area contributed by atoms with E-state index in [0.29, 0.717) is 12.6 Å². The van der Waals surface area contributed by atoms with Gasteiger partial charge in [0.25, 0.3) is 0 Å². The van der Waals surface area contributed by atoms with Crippen LogP contribution >= 0.6 is 12.4 Å². The van der Waals surface area contributed by atoms with Gasteiger partial charge in [-0.15, -0.1) is 12.4 Å². The topological polar surface area (TPSA) is 44.4 Å². The van der Waals surface area contributed by atoms with Crippen LogP contribution < -0.4 is 10.6 Å². The van der Waals surface area contributed by atoms with Crippen molar-refractivity contribution < 1.29 is 4.79 Å². The minimum atomic E-state index is 0. The number of piperazine rings is 1. The molecule has 1 saturated heterocycles. The van der Waals surface area contributed by atoms with Gasteiger partial charge < -0.3 is 10.6 Å². The van der Waals surface area contributed by atoms with Crippen LogP contribution in [0.15, 0.2) is 18.2 Å². The standard InChI is InChI=1S/C17H27N3O.ClH/c1-4-14-7-6-8-15(5-2)17(14)19-16(21)12-20-10-9-18-11-13(20)3;/h6-8,13,18H,4-5,9-12H2,1-3H3,(H,19,21);1H/t13-;/m0./s1. The molecule has 5 heteroatoms. The van der Waals surface area contributed by atoms with Gasteiger partial charge in [0.2, 0.25) is 5.91 Å². The summed E-state index contributed by atoms with van der Waals surface area (Å²) < 4.78 is 0. The van der Waals surface area contributed by atoms with Gasteiger partial charge >= 0.3 is 0 Å². The highest BCUT2D eigenvalue weighted by molar-refractivity contribution is 5.93. The van der Waals surface area contributed by atoms with Gasteiger partial charge in [0.15, 0.2) is 0 Å². The fraction of sp³-hybridized carbons (Fsp3) is 0.588.